The molecule has 0 spiro atoms. The van der Waals surface area contributed by atoms with E-state index in [1.165, 1.54) is 0 Å². The highest BCUT2D eigenvalue weighted by Gasteiger charge is 1.82. The van der Waals surface area contributed by atoms with Gasteiger partial charge in [-0.25, -0.2) is 4.98 Å². The standard InChI is InChI=1S/C7H9N.C5H4BrN.C5H5N.C4H11P/c1-6-4-3-5-7(2)8-6;6-5-3-1-2-4-7-5;1-2-4-6-5-3-1;1-5(2,3)4/h3-5H,1-2H3;1-4H;1-5H;1H2,2-4H3. The number of halogens is 1. The van der Waals surface area contributed by atoms with E-state index in [1.807, 2.05) is 68.4 Å². The second-order valence-electron chi connectivity index (χ2n) is 6.39. The van der Waals surface area contributed by atoms with Crippen LogP contribution in [0.15, 0.2) is 77.8 Å². The van der Waals surface area contributed by atoms with Crippen LogP contribution in [-0.2, 0) is 0 Å². The summed E-state index contributed by atoms with van der Waals surface area (Å²) >= 11 is 3.20. The lowest BCUT2D eigenvalue weighted by molar-refractivity contribution is 1.12. The predicted octanol–water partition coefficient (Wildman–Crippen LogP) is 5.95. The smallest absolute Gasteiger partial charge is 0.106 e. The van der Waals surface area contributed by atoms with Crippen molar-refractivity contribution in [3.05, 3.63) is 89.2 Å². The third-order valence-electron chi connectivity index (χ3n) is 2.22. The van der Waals surface area contributed by atoms with Crippen LogP contribution in [0.2, 0.25) is 0 Å². The van der Waals surface area contributed by atoms with Gasteiger partial charge in [-0.3, -0.25) is 9.97 Å². The van der Waals surface area contributed by atoms with Crippen LogP contribution in [0.25, 0.3) is 0 Å². The van der Waals surface area contributed by atoms with Gasteiger partial charge in [0.25, 0.3) is 0 Å². The van der Waals surface area contributed by atoms with Crippen molar-refractivity contribution < 1.29 is 0 Å². The van der Waals surface area contributed by atoms with Crippen molar-refractivity contribution in [1.82, 2.24) is 15.0 Å². The molecule has 0 unspecified atom stereocenters. The molecule has 0 aromatic carbocycles. The first-order valence-corrected chi connectivity index (χ1v) is 12.3. The summed E-state index contributed by atoms with van der Waals surface area (Å²) in [6.07, 6.45) is 9.12. The zero-order valence-electron chi connectivity index (χ0n) is 16.3. The average molecular weight is 434 g/mol. The van der Waals surface area contributed by atoms with Gasteiger partial charge in [-0.15, -0.1) is 13.2 Å². The number of hydrogen-bond donors (Lipinski definition) is 0. The van der Waals surface area contributed by atoms with E-state index >= 15 is 0 Å². The van der Waals surface area contributed by atoms with Gasteiger partial charge in [0.15, 0.2) is 0 Å². The topological polar surface area (TPSA) is 38.7 Å². The average Bonchev–Trinajstić information content (AvgIpc) is 2.57. The highest BCUT2D eigenvalue weighted by molar-refractivity contribution is 9.10. The molecule has 0 radical (unpaired) electrons. The van der Waals surface area contributed by atoms with E-state index in [0.29, 0.717) is 0 Å². The van der Waals surface area contributed by atoms with Crippen molar-refractivity contribution in [3.63, 3.8) is 0 Å². The van der Waals surface area contributed by atoms with Crippen molar-refractivity contribution in [1.29, 1.82) is 0 Å². The lowest BCUT2D eigenvalue weighted by atomic mass is 10.3. The molecule has 3 aromatic rings. The van der Waals surface area contributed by atoms with Crippen LogP contribution in [0, 0.1) is 13.8 Å². The number of nitrogens with zero attached hydrogens (tertiary/aromatic N) is 3. The molecule has 140 valence electrons. The Labute approximate surface area is 167 Å². The molecule has 3 rings (SSSR count). The molecule has 0 fully saturated rings. The second kappa shape index (κ2) is 14.4. The third-order valence-corrected chi connectivity index (χ3v) is 2.69. The van der Waals surface area contributed by atoms with Crippen LogP contribution in [0.3, 0.4) is 0 Å². The van der Waals surface area contributed by atoms with Crippen LogP contribution in [0.1, 0.15) is 11.4 Å². The van der Waals surface area contributed by atoms with Gasteiger partial charge in [-0.2, -0.15) is 0 Å². The lowest BCUT2D eigenvalue weighted by Crippen LogP contribution is -1.81. The van der Waals surface area contributed by atoms with Gasteiger partial charge < -0.3 is 0 Å². The normalized spacial score (nSPS) is 9.31. The fraction of sp³-hybridized carbons (Fsp3) is 0.238. The minimum Gasteiger partial charge on any atom is -0.265 e. The number of hydrogen-bond acceptors (Lipinski definition) is 3. The van der Waals surface area contributed by atoms with Crippen molar-refractivity contribution in [3.8, 4) is 0 Å². The molecule has 0 amide bonds. The van der Waals surface area contributed by atoms with Gasteiger partial charge in [0.1, 0.15) is 4.60 Å². The minimum atomic E-state index is -0.639. The molecule has 3 heterocycles. The fourth-order valence-corrected chi connectivity index (χ4v) is 1.60. The Morgan fingerprint density at radius 1 is 0.769 bits per heavy atom. The lowest BCUT2D eigenvalue weighted by Gasteiger charge is -1.96. The Kier molecular flexibility index (Phi) is 13.4. The summed E-state index contributed by atoms with van der Waals surface area (Å²) in [5, 5.41) is 0. The van der Waals surface area contributed by atoms with E-state index in [4.69, 9.17) is 0 Å². The Morgan fingerprint density at radius 2 is 1.27 bits per heavy atom. The van der Waals surface area contributed by atoms with Gasteiger partial charge in [0.2, 0.25) is 0 Å². The molecule has 0 aliphatic carbocycles. The van der Waals surface area contributed by atoms with Gasteiger partial charge >= 0.3 is 0 Å². The number of aryl methyl sites for hydroxylation is 2. The first kappa shape index (κ1) is 24.2. The zero-order valence-corrected chi connectivity index (χ0v) is 18.8. The van der Waals surface area contributed by atoms with E-state index in [1.54, 1.807) is 18.6 Å². The van der Waals surface area contributed by atoms with Crippen LogP contribution in [-0.4, -0.2) is 41.2 Å². The maximum atomic E-state index is 4.17. The van der Waals surface area contributed by atoms with Gasteiger partial charge in [0, 0.05) is 30.0 Å². The van der Waals surface area contributed by atoms with Gasteiger partial charge in [-0.1, -0.05) is 18.2 Å². The Morgan fingerprint density at radius 3 is 1.46 bits per heavy atom. The predicted molar refractivity (Wildman–Crippen MR) is 122 cm³/mol. The molecule has 0 aliphatic heterocycles. The first-order valence-electron chi connectivity index (χ1n) is 8.16. The number of aromatic nitrogens is 3. The SMILES string of the molecule is Brc1ccccn1.C=P(C)(C)C.Cc1cccc(C)n1.c1ccncc1. The van der Waals surface area contributed by atoms with Crippen molar-refractivity contribution >= 4 is 29.1 Å². The summed E-state index contributed by atoms with van der Waals surface area (Å²) in [7, 11) is 0. The third kappa shape index (κ3) is 20.3. The molecule has 0 aliphatic rings. The maximum absolute atomic E-state index is 4.17. The van der Waals surface area contributed by atoms with Crippen molar-refractivity contribution in [2.24, 2.45) is 0 Å². The van der Waals surface area contributed by atoms with Crippen molar-refractivity contribution in [2.75, 3.05) is 20.0 Å². The summed E-state index contributed by atoms with van der Waals surface area (Å²) in [5.74, 6) is 0. The van der Waals surface area contributed by atoms with Gasteiger partial charge in [-0.05, 0) is 86.2 Å². The van der Waals surface area contributed by atoms with E-state index in [-0.39, 0.29) is 0 Å². The molecule has 0 saturated heterocycles. The van der Waals surface area contributed by atoms with Crippen LogP contribution >= 0.6 is 22.8 Å². The molecular formula is C21H29BrN3P. The first-order chi connectivity index (χ1) is 12.2. The molecular weight excluding hydrogens is 405 g/mol. The minimum absolute atomic E-state index is 0.639. The van der Waals surface area contributed by atoms with Crippen LogP contribution < -0.4 is 0 Å². The van der Waals surface area contributed by atoms with Crippen LogP contribution in [0.4, 0.5) is 0 Å². The van der Waals surface area contributed by atoms with Gasteiger partial charge in [0.05, 0.1) is 0 Å². The Hall–Kier alpha value is -1.77. The Bertz CT molecular complexity index is 691. The monoisotopic (exact) mass is 433 g/mol. The fourth-order valence-electron chi connectivity index (χ4n) is 1.33. The molecule has 0 atom stereocenters. The summed E-state index contributed by atoms with van der Waals surface area (Å²) in [5.41, 5.74) is 2.18. The van der Waals surface area contributed by atoms with E-state index < -0.39 is 6.89 Å². The van der Waals surface area contributed by atoms with E-state index in [9.17, 15) is 0 Å². The molecule has 0 saturated carbocycles. The molecule has 5 heteroatoms. The molecule has 26 heavy (non-hydrogen) atoms. The molecule has 0 bridgehead atoms. The highest BCUT2D eigenvalue weighted by Crippen LogP contribution is 2.27. The Balaban J connectivity index is 0.000000326. The molecule has 3 aromatic heterocycles. The van der Waals surface area contributed by atoms with Crippen molar-refractivity contribution in [2.45, 2.75) is 13.8 Å². The summed E-state index contributed by atoms with van der Waals surface area (Å²) in [4.78, 5) is 11.9. The molecule has 0 N–H and O–H groups in total. The van der Waals surface area contributed by atoms with E-state index in [2.05, 4.69) is 57.2 Å². The van der Waals surface area contributed by atoms with Crippen LogP contribution in [0.5, 0.6) is 0 Å². The summed E-state index contributed by atoms with van der Waals surface area (Å²) < 4.78 is 0.884. The maximum Gasteiger partial charge on any atom is 0.106 e. The zero-order chi connectivity index (χ0) is 19.8. The number of rotatable bonds is 0. The quantitative estimate of drug-likeness (QED) is 0.324. The highest BCUT2D eigenvalue weighted by atomic mass is 79.9. The summed E-state index contributed by atoms with van der Waals surface area (Å²) in [6.45, 7) is 9.91. The second-order valence-corrected chi connectivity index (χ2v) is 11.8. The number of pyridine rings is 3. The van der Waals surface area contributed by atoms with E-state index in [0.717, 1.165) is 16.0 Å². The largest absolute Gasteiger partial charge is 0.265 e. The molecule has 3 nitrogen and oxygen atoms in total. The summed E-state index contributed by atoms with van der Waals surface area (Å²) in [6, 6.07) is 17.4.